The third-order valence-electron chi connectivity index (χ3n) is 6.64. The van der Waals surface area contributed by atoms with Crippen LogP contribution in [0.1, 0.15) is 17.8 Å². The van der Waals surface area contributed by atoms with Gasteiger partial charge in [0.05, 0.1) is 13.2 Å². The van der Waals surface area contributed by atoms with Crippen molar-refractivity contribution in [3.8, 4) is 5.75 Å². The number of benzene rings is 1. The second kappa shape index (κ2) is 13.5. The summed E-state index contributed by atoms with van der Waals surface area (Å²) in [4.78, 5) is 55.3. The van der Waals surface area contributed by atoms with Gasteiger partial charge >= 0.3 is 5.97 Å². The van der Waals surface area contributed by atoms with E-state index in [1.165, 1.54) is 16.7 Å². The van der Waals surface area contributed by atoms with E-state index in [2.05, 4.69) is 24.7 Å². The van der Waals surface area contributed by atoms with E-state index in [9.17, 15) is 18.8 Å². The van der Waals surface area contributed by atoms with Gasteiger partial charge in [-0.3, -0.25) is 19.3 Å². The number of hydroxylamine groups is 2. The number of halogens is 1. The molecule has 0 saturated carbocycles. The van der Waals surface area contributed by atoms with E-state index < -0.39 is 41.8 Å². The van der Waals surface area contributed by atoms with Gasteiger partial charge in [-0.1, -0.05) is 29.4 Å². The first kappa shape index (κ1) is 30.4. The SMILES string of the molecule is COc1ccc(COC(=O)C2=C(/C=C/[C@H]3CCN(C)O3)CS[C@@H]3[C@H](NC(=O)/C(=N\OCF)c4nsc(N)n4)C(=O)N23)cc1. The number of β-lactam (4-membered cyclic amide) rings is 1. The lowest BCUT2D eigenvalue weighted by atomic mass is 10.0. The minimum Gasteiger partial charge on any atom is -0.497 e. The van der Waals surface area contributed by atoms with Crippen LogP contribution in [0, 0.1) is 0 Å². The molecule has 2 amide bonds. The van der Waals surface area contributed by atoms with E-state index in [-0.39, 0.29) is 29.4 Å². The molecular formula is C26H28FN7O7S2. The molecule has 3 aliphatic rings. The van der Waals surface area contributed by atoms with Gasteiger partial charge in [0, 0.05) is 30.9 Å². The van der Waals surface area contributed by atoms with Gasteiger partial charge in [0.25, 0.3) is 18.7 Å². The number of allylic oxidation sites excluding steroid dienone is 1. The predicted molar refractivity (Wildman–Crippen MR) is 154 cm³/mol. The average molecular weight is 634 g/mol. The number of nitrogens with two attached hydrogens (primary N) is 1. The molecule has 17 heteroatoms. The highest BCUT2D eigenvalue weighted by Gasteiger charge is 2.54. The number of oxime groups is 1. The minimum absolute atomic E-state index is 0.0297. The average Bonchev–Trinajstić information content (AvgIpc) is 3.64. The molecule has 228 valence electrons. The zero-order valence-electron chi connectivity index (χ0n) is 23.1. The van der Waals surface area contributed by atoms with Crippen LogP contribution in [0.4, 0.5) is 9.52 Å². The molecular weight excluding hydrogens is 605 g/mol. The van der Waals surface area contributed by atoms with E-state index in [1.807, 2.05) is 13.1 Å². The Hall–Kier alpha value is -4.06. The van der Waals surface area contributed by atoms with E-state index in [1.54, 1.807) is 42.5 Å². The lowest BCUT2D eigenvalue weighted by molar-refractivity contribution is -0.153. The highest BCUT2D eigenvalue weighted by atomic mass is 32.2. The Balaban J connectivity index is 1.35. The molecule has 5 rings (SSSR count). The van der Waals surface area contributed by atoms with Crippen LogP contribution in [-0.4, -0.2) is 93.7 Å². The number of thioether (sulfide) groups is 1. The van der Waals surface area contributed by atoms with Gasteiger partial charge in [-0.25, -0.2) is 9.18 Å². The van der Waals surface area contributed by atoms with Crippen molar-refractivity contribution in [2.75, 3.05) is 39.0 Å². The van der Waals surface area contributed by atoms with Crippen LogP contribution in [0.25, 0.3) is 0 Å². The molecule has 0 radical (unpaired) electrons. The summed E-state index contributed by atoms with van der Waals surface area (Å²) in [5.41, 5.74) is 6.55. The van der Waals surface area contributed by atoms with Crippen molar-refractivity contribution in [3.63, 3.8) is 0 Å². The van der Waals surface area contributed by atoms with Crippen molar-refractivity contribution in [3.05, 3.63) is 59.1 Å². The summed E-state index contributed by atoms with van der Waals surface area (Å²) >= 11 is 2.16. The maximum absolute atomic E-state index is 13.5. The van der Waals surface area contributed by atoms with Crippen LogP contribution in [0.15, 0.2) is 52.8 Å². The third kappa shape index (κ3) is 6.79. The Labute approximate surface area is 253 Å². The zero-order chi connectivity index (χ0) is 30.5. The van der Waals surface area contributed by atoms with Gasteiger partial charge in [-0.2, -0.15) is 14.4 Å². The first-order valence-corrected chi connectivity index (χ1v) is 14.8. The maximum Gasteiger partial charge on any atom is 0.355 e. The van der Waals surface area contributed by atoms with Crippen molar-refractivity contribution in [1.82, 2.24) is 24.6 Å². The largest absolute Gasteiger partial charge is 0.497 e. The molecule has 2 saturated heterocycles. The molecule has 4 heterocycles. The summed E-state index contributed by atoms with van der Waals surface area (Å²) in [7, 11) is 3.39. The Bertz CT molecular complexity index is 1470. The van der Waals surface area contributed by atoms with E-state index >= 15 is 0 Å². The van der Waals surface area contributed by atoms with Crippen LogP contribution in [0.3, 0.4) is 0 Å². The molecule has 1 aromatic heterocycles. The molecule has 3 aliphatic heterocycles. The van der Waals surface area contributed by atoms with Crippen molar-refractivity contribution >= 4 is 51.9 Å². The highest BCUT2D eigenvalue weighted by molar-refractivity contribution is 8.00. The van der Waals surface area contributed by atoms with Gasteiger partial charge in [-0.15, -0.1) is 11.8 Å². The summed E-state index contributed by atoms with van der Waals surface area (Å²) in [6.45, 7) is -0.563. The number of rotatable bonds is 11. The smallest absolute Gasteiger partial charge is 0.355 e. The van der Waals surface area contributed by atoms with Crippen molar-refractivity contribution in [2.45, 2.75) is 30.5 Å². The number of amides is 2. The first-order chi connectivity index (χ1) is 20.8. The fraction of sp³-hybridized carbons (Fsp3) is 0.385. The Morgan fingerprint density at radius 3 is 2.77 bits per heavy atom. The topological polar surface area (TPSA) is 171 Å². The Morgan fingerprint density at radius 2 is 2.12 bits per heavy atom. The number of nitrogen functional groups attached to an aromatic ring is 1. The lowest BCUT2D eigenvalue weighted by Gasteiger charge is -2.49. The summed E-state index contributed by atoms with van der Waals surface area (Å²) in [6, 6.07) is 6.02. The van der Waals surface area contributed by atoms with Crippen LogP contribution in [0.2, 0.25) is 0 Å². The summed E-state index contributed by atoms with van der Waals surface area (Å²) in [6.07, 6.45) is 4.22. The molecule has 43 heavy (non-hydrogen) atoms. The number of hydrogen-bond acceptors (Lipinski definition) is 14. The number of nitrogens with one attached hydrogen (secondary N) is 1. The number of fused-ring (bicyclic) bond motifs is 1. The standard InChI is InChI=1S/C26H28FN7O7S2/c1-33-10-9-17(41-33)8-5-15-12-42-24-19(29-22(35)18(31-40-13-27)21-30-26(28)43-32-21)23(36)34(24)20(15)25(37)39-11-14-3-6-16(38-2)7-4-14/h3-8,17,19,24H,9-13H2,1-2H3,(H,29,35)(H2,28,30,32)/b8-5+,31-18-/t17-,19+,24+/m0/s1. The van der Waals surface area contributed by atoms with Crippen LogP contribution >= 0.6 is 23.3 Å². The summed E-state index contributed by atoms with van der Waals surface area (Å²) in [5.74, 6) is -1.27. The number of methoxy groups -OCH3 is 1. The van der Waals surface area contributed by atoms with Crippen LogP contribution < -0.4 is 15.8 Å². The molecule has 3 atom stereocenters. The second-order valence-electron chi connectivity index (χ2n) is 9.44. The van der Waals surface area contributed by atoms with E-state index in [4.69, 9.17) is 20.0 Å². The quantitative estimate of drug-likeness (QED) is 0.158. The molecule has 2 aromatic rings. The van der Waals surface area contributed by atoms with E-state index in [0.717, 1.165) is 30.1 Å². The number of alkyl halides is 1. The van der Waals surface area contributed by atoms with Gasteiger partial charge in [0.1, 0.15) is 29.5 Å². The summed E-state index contributed by atoms with van der Waals surface area (Å²) < 4.78 is 27.3. The zero-order valence-corrected chi connectivity index (χ0v) is 24.7. The molecule has 0 unspecified atom stereocenters. The Kier molecular flexibility index (Phi) is 9.54. The number of carbonyl (C=O) groups excluding carboxylic acids is 3. The number of carbonyl (C=O) groups is 3. The number of hydrogen-bond donors (Lipinski definition) is 2. The predicted octanol–water partition coefficient (Wildman–Crippen LogP) is 1.37. The lowest BCUT2D eigenvalue weighted by Crippen LogP contribution is -2.71. The molecule has 0 aliphatic carbocycles. The van der Waals surface area contributed by atoms with Gasteiger partial charge in [-0.05, 0) is 29.7 Å². The normalized spacial score (nSPS) is 22.4. The van der Waals surface area contributed by atoms with Crippen LogP contribution in [0.5, 0.6) is 5.75 Å². The van der Waals surface area contributed by atoms with Gasteiger partial charge < -0.3 is 25.4 Å². The van der Waals surface area contributed by atoms with E-state index in [0.29, 0.717) is 17.1 Å². The first-order valence-electron chi connectivity index (χ1n) is 13.0. The summed E-state index contributed by atoms with van der Waals surface area (Å²) in [5, 5.41) is 7.21. The second-order valence-corrected chi connectivity index (χ2v) is 11.3. The Morgan fingerprint density at radius 1 is 1.33 bits per heavy atom. The molecule has 14 nitrogen and oxygen atoms in total. The van der Waals surface area contributed by atoms with Crippen molar-refractivity contribution in [2.24, 2.45) is 5.16 Å². The number of ether oxygens (including phenoxy) is 2. The number of esters is 1. The van der Waals surface area contributed by atoms with Crippen LogP contribution in [-0.2, 0) is 35.4 Å². The van der Waals surface area contributed by atoms with Gasteiger partial charge in [0.15, 0.2) is 5.13 Å². The van der Waals surface area contributed by atoms with Gasteiger partial charge in [0.2, 0.25) is 11.5 Å². The highest BCUT2D eigenvalue weighted by Crippen LogP contribution is 2.41. The minimum atomic E-state index is -1.30. The maximum atomic E-state index is 13.5. The fourth-order valence-electron chi connectivity index (χ4n) is 4.51. The van der Waals surface area contributed by atoms with Crippen molar-refractivity contribution in [1.29, 1.82) is 0 Å². The fourth-order valence-corrected chi connectivity index (χ4v) is 6.27. The molecule has 0 spiro atoms. The molecule has 1 aromatic carbocycles. The number of nitrogens with zero attached hydrogens (tertiary/aromatic N) is 5. The number of anilines is 1. The molecule has 0 bridgehead atoms. The molecule has 2 fully saturated rings. The molecule has 3 N–H and O–H groups in total. The monoisotopic (exact) mass is 633 g/mol. The number of aromatic nitrogens is 2. The van der Waals surface area contributed by atoms with Crippen molar-refractivity contribution < 1.29 is 37.9 Å². The third-order valence-corrected chi connectivity index (χ3v) is 8.48.